The van der Waals surface area contributed by atoms with Crippen LogP contribution in [0.1, 0.15) is 35.7 Å². The molecule has 0 saturated heterocycles. The number of nitrogens with zero attached hydrogens (tertiary/aromatic N) is 3. The minimum Gasteiger partial charge on any atom is -0.361 e. The summed E-state index contributed by atoms with van der Waals surface area (Å²) in [7, 11) is 0. The molecule has 5 aromatic rings. The molecule has 0 bridgehead atoms. The number of hydrogen-bond acceptors (Lipinski definition) is 4. The summed E-state index contributed by atoms with van der Waals surface area (Å²) in [5, 5.41) is 4.64. The molecule has 0 aliphatic heterocycles. The Labute approximate surface area is 166 Å². The van der Waals surface area contributed by atoms with Gasteiger partial charge in [0.1, 0.15) is 17.2 Å². The lowest BCUT2D eigenvalue weighted by Gasteiger charge is -2.13. The van der Waals surface area contributed by atoms with Crippen LogP contribution in [0.2, 0.25) is 0 Å². The lowest BCUT2D eigenvalue weighted by atomic mass is 10.00. The molecule has 6 nitrogen and oxygen atoms in total. The van der Waals surface area contributed by atoms with E-state index in [-0.39, 0.29) is 11.5 Å². The molecule has 0 amide bonds. The fourth-order valence-electron chi connectivity index (χ4n) is 4.05. The average Bonchev–Trinajstić information content (AvgIpc) is 3.31. The molecule has 6 heteroatoms. The van der Waals surface area contributed by atoms with E-state index in [9.17, 15) is 4.79 Å². The van der Waals surface area contributed by atoms with Gasteiger partial charge in [0.15, 0.2) is 0 Å². The summed E-state index contributed by atoms with van der Waals surface area (Å²) < 4.78 is 7.33. The summed E-state index contributed by atoms with van der Waals surface area (Å²) in [5.74, 6) is 1.70. The van der Waals surface area contributed by atoms with Gasteiger partial charge in [-0.05, 0) is 37.1 Å². The molecule has 0 aliphatic carbocycles. The largest absolute Gasteiger partial charge is 0.361 e. The highest BCUT2D eigenvalue weighted by Gasteiger charge is 2.18. The van der Waals surface area contributed by atoms with Crippen molar-refractivity contribution >= 4 is 16.6 Å². The van der Waals surface area contributed by atoms with Gasteiger partial charge in [0.2, 0.25) is 0 Å². The molecule has 3 aromatic heterocycles. The molecule has 5 rings (SSSR count). The summed E-state index contributed by atoms with van der Waals surface area (Å²) in [6, 6.07) is 16.1. The van der Waals surface area contributed by atoms with E-state index in [1.54, 1.807) is 6.20 Å². The van der Waals surface area contributed by atoms with Crippen molar-refractivity contribution in [3.05, 3.63) is 87.9 Å². The Balaban J connectivity index is 1.76. The molecule has 144 valence electrons. The first-order valence-electron chi connectivity index (χ1n) is 9.56. The maximum atomic E-state index is 12.8. The molecule has 1 atom stereocenters. The molecule has 0 saturated carbocycles. The van der Waals surface area contributed by atoms with Gasteiger partial charge in [-0.3, -0.25) is 9.20 Å². The number of hydrogen-bond donors (Lipinski definition) is 1. The van der Waals surface area contributed by atoms with Crippen LogP contribution in [0.3, 0.4) is 0 Å². The smallest absolute Gasteiger partial charge is 0.258 e. The lowest BCUT2D eigenvalue weighted by Crippen LogP contribution is -2.12. The zero-order chi connectivity index (χ0) is 20.1. The minimum atomic E-state index is -0.139. The van der Waals surface area contributed by atoms with Crippen molar-refractivity contribution in [3.63, 3.8) is 0 Å². The quantitative estimate of drug-likeness (QED) is 0.493. The Bertz CT molecular complexity index is 1390. The van der Waals surface area contributed by atoms with Gasteiger partial charge in [0, 0.05) is 11.5 Å². The monoisotopic (exact) mass is 384 g/mol. The molecule has 0 spiro atoms. The van der Waals surface area contributed by atoms with E-state index in [0.29, 0.717) is 11.0 Å². The summed E-state index contributed by atoms with van der Waals surface area (Å²) in [6.07, 6.45) is 1.72. The third-order valence-corrected chi connectivity index (χ3v) is 5.52. The summed E-state index contributed by atoms with van der Waals surface area (Å²) >= 11 is 0. The minimum absolute atomic E-state index is 0.0787. The zero-order valence-corrected chi connectivity index (χ0v) is 16.4. The average molecular weight is 384 g/mol. The summed E-state index contributed by atoms with van der Waals surface area (Å²) in [5.41, 5.74) is 5.19. The SMILES string of the molecule is Cc1noc(C)c1-c1ccc2c(c1)c(=O)[nH]c1cnc(C(C)c3ccccc3)n12. The maximum absolute atomic E-state index is 12.8. The van der Waals surface area contributed by atoms with Crippen LogP contribution in [-0.4, -0.2) is 19.5 Å². The second kappa shape index (κ2) is 6.44. The van der Waals surface area contributed by atoms with Crippen LogP contribution in [0.15, 0.2) is 64.0 Å². The van der Waals surface area contributed by atoms with E-state index >= 15 is 0 Å². The number of aromatic amines is 1. The van der Waals surface area contributed by atoms with Crippen molar-refractivity contribution in [2.24, 2.45) is 0 Å². The van der Waals surface area contributed by atoms with Gasteiger partial charge in [-0.1, -0.05) is 48.5 Å². The van der Waals surface area contributed by atoms with Crippen LogP contribution in [-0.2, 0) is 0 Å². The van der Waals surface area contributed by atoms with Crippen LogP contribution >= 0.6 is 0 Å². The zero-order valence-electron chi connectivity index (χ0n) is 16.4. The van der Waals surface area contributed by atoms with Crippen molar-refractivity contribution < 1.29 is 4.52 Å². The number of aromatic nitrogens is 4. The van der Waals surface area contributed by atoms with Crippen molar-refractivity contribution in [1.29, 1.82) is 0 Å². The van der Waals surface area contributed by atoms with E-state index in [0.717, 1.165) is 33.9 Å². The maximum Gasteiger partial charge on any atom is 0.258 e. The lowest BCUT2D eigenvalue weighted by molar-refractivity contribution is 0.393. The fourth-order valence-corrected chi connectivity index (χ4v) is 4.05. The standard InChI is InChI=1S/C23H20N4O2/c1-13(16-7-5-4-6-8-16)22-24-12-20-25-23(28)18-11-17(9-10-19(18)27(20)22)21-14(2)26-29-15(21)3/h4-13H,1-3H3,(H,25,28). The number of H-pyrrole nitrogens is 1. The molecule has 3 heterocycles. The van der Waals surface area contributed by atoms with Gasteiger partial charge in [0.25, 0.3) is 5.56 Å². The normalized spacial score (nSPS) is 12.7. The van der Waals surface area contributed by atoms with E-state index < -0.39 is 0 Å². The van der Waals surface area contributed by atoms with Gasteiger partial charge in [-0.15, -0.1) is 0 Å². The topological polar surface area (TPSA) is 76.2 Å². The molecule has 1 unspecified atom stereocenters. The van der Waals surface area contributed by atoms with Crippen molar-refractivity contribution in [1.82, 2.24) is 19.5 Å². The Hall–Kier alpha value is -3.67. The highest BCUT2D eigenvalue weighted by atomic mass is 16.5. The first kappa shape index (κ1) is 17.4. The van der Waals surface area contributed by atoms with Crippen molar-refractivity contribution in [2.45, 2.75) is 26.7 Å². The van der Waals surface area contributed by atoms with Crippen LogP contribution in [0.25, 0.3) is 27.7 Å². The predicted molar refractivity (Wildman–Crippen MR) is 112 cm³/mol. The highest BCUT2D eigenvalue weighted by Crippen LogP contribution is 2.30. The molecule has 1 N–H and O–H groups in total. The van der Waals surface area contributed by atoms with Crippen LogP contribution < -0.4 is 5.56 Å². The van der Waals surface area contributed by atoms with Crippen LogP contribution in [0, 0.1) is 13.8 Å². The van der Waals surface area contributed by atoms with Crippen LogP contribution in [0.5, 0.6) is 0 Å². The third-order valence-electron chi connectivity index (χ3n) is 5.52. The van der Waals surface area contributed by atoms with Gasteiger partial charge in [-0.25, -0.2) is 4.98 Å². The molecule has 0 fully saturated rings. The van der Waals surface area contributed by atoms with Gasteiger partial charge < -0.3 is 9.51 Å². The second-order valence-electron chi connectivity index (χ2n) is 7.35. The van der Waals surface area contributed by atoms with Gasteiger partial charge in [-0.2, -0.15) is 0 Å². The van der Waals surface area contributed by atoms with Crippen molar-refractivity contribution in [2.75, 3.05) is 0 Å². The van der Waals surface area contributed by atoms with Crippen LogP contribution in [0.4, 0.5) is 0 Å². The number of rotatable bonds is 3. The number of fused-ring (bicyclic) bond motifs is 3. The Kier molecular flexibility index (Phi) is 3.87. The van der Waals surface area contributed by atoms with E-state index in [1.165, 1.54) is 5.56 Å². The van der Waals surface area contributed by atoms with E-state index in [4.69, 9.17) is 4.52 Å². The van der Waals surface area contributed by atoms with Gasteiger partial charge in [0.05, 0.1) is 22.8 Å². The van der Waals surface area contributed by atoms with E-state index in [1.807, 2.05) is 54.6 Å². The Morgan fingerprint density at radius 1 is 1.10 bits per heavy atom. The molecular weight excluding hydrogens is 364 g/mol. The van der Waals surface area contributed by atoms with Gasteiger partial charge >= 0.3 is 0 Å². The Morgan fingerprint density at radius 2 is 1.90 bits per heavy atom. The number of benzene rings is 2. The first-order valence-corrected chi connectivity index (χ1v) is 9.56. The molecule has 29 heavy (non-hydrogen) atoms. The van der Waals surface area contributed by atoms with Crippen molar-refractivity contribution in [3.8, 4) is 11.1 Å². The first-order chi connectivity index (χ1) is 14.0. The number of imidazole rings is 1. The number of aryl methyl sites for hydroxylation is 2. The summed E-state index contributed by atoms with van der Waals surface area (Å²) in [6.45, 7) is 5.90. The van der Waals surface area contributed by atoms with E-state index in [2.05, 4.69) is 34.2 Å². The number of nitrogens with one attached hydrogen (secondary N) is 1. The summed E-state index contributed by atoms with van der Waals surface area (Å²) in [4.78, 5) is 20.4. The molecular formula is C23H20N4O2. The molecule has 2 aromatic carbocycles. The highest BCUT2D eigenvalue weighted by molar-refractivity contribution is 5.86. The molecule has 0 radical (unpaired) electrons. The Morgan fingerprint density at radius 3 is 2.62 bits per heavy atom. The predicted octanol–water partition coefficient (Wildman–Crippen LogP) is 4.60. The second-order valence-corrected chi connectivity index (χ2v) is 7.35. The third kappa shape index (κ3) is 2.68. The molecule has 0 aliphatic rings. The fraction of sp³-hybridized carbons (Fsp3) is 0.174.